The van der Waals surface area contributed by atoms with Crippen LogP contribution in [0.15, 0.2) is 0 Å². The number of unbranched alkanes of at least 4 members (excludes halogenated alkanes) is 31. The van der Waals surface area contributed by atoms with Crippen LogP contribution < -0.4 is 0 Å². The van der Waals surface area contributed by atoms with Crippen molar-refractivity contribution in [3.63, 3.8) is 0 Å². The highest BCUT2D eigenvalue weighted by atomic mass is 31.2. The molecule has 6 atom stereocenters. The summed E-state index contributed by atoms with van der Waals surface area (Å²) >= 11 is 0. The Bertz CT molecular complexity index is 1680. The van der Waals surface area contributed by atoms with Gasteiger partial charge >= 0.3 is 39.5 Å². The smallest absolute Gasteiger partial charge is 0.462 e. The maximum Gasteiger partial charge on any atom is 0.472 e. The zero-order chi connectivity index (χ0) is 63.1. The number of phosphoric acid groups is 2. The molecule has 0 bridgehead atoms. The van der Waals surface area contributed by atoms with Crippen LogP contribution in [0.3, 0.4) is 0 Å². The van der Waals surface area contributed by atoms with Crippen LogP contribution in [0.25, 0.3) is 0 Å². The van der Waals surface area contributed by atoms with Crippen LogP contribution in [0.1, 0.15) is 325 Å². The fourth-order valence-electron chi connectivity index (χ4n) is 9.80. The summed E-state index contributed by atoms with van der Waals surface area (Å²) in [6.45, 7) is 11.7. The Labute approximate surface area is 517 Å². The van der Waals surface area contributed by atoms with E-state index in [2.05, 4.69) is 48.5 Å². The van der Waals surface area contributed by atoms with Crippen molar-refractivity contribution in [1.29, 1.82) is 0 Å². The Morgan fingerprint density at radius 1 is 0.341 bits per heavy atom. The molecule has 504 valence electrons. The van der Waals surface area contributed by atoms with Crippen molar-refractivity contribution in [1.82, 2.24) is 0 Å². The molecule has 85 heavy (non-hydrogen) atoms. The van der Waals surface area contributed by atoms with E-state index < -0.39 is 97.5 Å². The monoisotopic (exact) mass is 1250 g/mol. The highest BCUT2D eigenvalue weighted by molar-refractivity contribution is 7.47. The van der Waals surface area contributed by atoms with E-state index in [-0.39, 0.29) is 25.7 Å². The Balaban J connectivity index is 5.26. The predicted octanol–water partition coefficient (Wildman–Crippen LogP) is 18.3. The molecule has 0 amide bonds. The molecule has 3 N–H and O–H groups in total. The van der Waals surface area contributed by atoms with Crippen LogP contribution in [-0.2, 0) is 65.4 Å². The second-order valence-corrected chi connectivity index (χ2v) is 28.0. The lowest BCUT2D eigenvalue weighted by Crippen LogP contribution is -2.30. The number of phosphoric ester groups is 2. The number of aliphatic hydroxyl groups excluding tert-OH is 1. The van der Waals surface area contributed by atoms with Gasteiger partial charge in [-0.15, -0.1) is 0 Å². The second-order valence-electron chi connectivity index (χ2n) is 25.1. The summed E-state index contributed by atoms with van der Waals surface area (Å²) in [5.74, 6) is 0.0407. The van der Waals surface area contributed by atoms with Crippen molar-refractivity contribution in [2.24, 2.45) is 17.8 Å². The maximum absolute atomic E-state index is 13.0. The minimum Gasteiger partial charge on any atom is -0.462 e. The van der Waals surface area contributed by atoms with Gasteiger partial charge in [0.05, 0.1) is 26.4 Å². The molecule has 0 aromatic heterocycles. The van der Waals surface area contributed by atoms with Crippen LogP contribution in [0.5, 0.6) is 0 Å². The van der Waals surface area contributed by atoms with Crippen molar-refractivity contribution in [3.05, 3.63) is 0 Å². The molecule has 0 spiro atoms. The first-order valence-corrected chi connectivity index (χ1v) is 37.4. The van der Waals surface area contributed by atoms with Crippen molar-refractivity contribution < 1.29 is 80.2 Å². The highest BCUT2D eigenvalue weighted by Gasteiger charge is 2.30. The Hall–Kier alpha value is -1.94. The average molecular weight is 1260 g/mol. The molecule has 0 radical (unpaired) electrons. The molecule has 0 fully saturated rings. The minimum absolute atomic E-state index is 0.103. The first-order valence-electron chi connectivity index (χ1n) is 34.4. The summed E-state index contributed by atoms with van der Waals surface area (Å²) < 4.78 is 68.1. The van der Waals surface area contributed by atoms with Gasteiger partial charge in [0.15, 0.2) is 12.2 Å². The van der Waals surface area contributed by atoms with E-state index in [1.54, 1.807) is 0 Å². The van der Waals surface area contributed by atoms with Gasteiger partial charge in [0, 0.05) is 25.7 Å². The third-order valence-corrected chi connectivity index (χ3v) is 17.4. The van der Waals surface area contributed by atoms with Gasteiger partial charge < -0.3 is 33.8 Å². The summed E-state index contributed by atoms with van der Waals surface area (Å²) in [7, 11) is -9.89. The molecule has 0 aliphatic carbocycles. The van der Waals surface area contributed by atoms with Crippen LogP contribution in [0, 0.1) is 17.8 Å². The van der Waals surface area contributed by atoms with Crippen LogP contribution in [0.4, 0.5) is 0 Å². The lowest BCUT2D eigenvalue weighted by atomic mass is 9.99. The molecule has 3 unspecified atom stereocenters. The lowest BCUT2D eigenvalue weighted by Gasteiger charge is -2.21. The molecule has 0 aromatic rings. The standard InChI is InChI=1S/C66H128O17P2/c1-8-10-11-12-13-14-15-16-17-18-26-35-42-49-65(70)82-61(53-76-63(68)47-40-33-25-22-20-24-32-39-46-59(7)9-2)55-80-84(72,73)78-51-60(67)52-79-85(74,75)81-56-62(54-77-64(69)48-41-34-29-28-31-38-45-58(5)6)83-66(71)50-43-36-27-21-19-23-30-37-44-57(3)4/h57-62,67H,8-56H2,1-7H3,(H,72,73)(H,74,75)/t59?,60-,61-,62-/m1/s1. The molecule has 0 aliphatic rings. The van der Waals surface area contributed by atoms with E-state index in [0.29, 0.717) is 31.6 Å². The molecule has 19 heteroatoms. The molecule has 0 aliphatic heterocycles. The molecule has 0 rings (SSSR count). The number of rotatable bonds is 64. The molecule has 0 saturated carbocycles. The zero-order valence-electron chi connectivity index (χ0n) is 55.1. The number of esters is 4. The van der Waals surface area contributed by atoms with E-state index in [9.17, 15) is 43.2 Å². The highest BCUT2D eigenvalue weighted by Crippen LogP contribution is 2.45. The van der Waals surface area contributed by atoms with E-state index >= 15 is 0 Å². The maximum atomic E-state index is 13.0. The Morgan fingerprint density at radius 2 is 0.600 bits per heavy atom. The van der Waals surface area contributed by atoms with E-state index in [1.165, 1.54) is 128 Å². The fourth-order valence-corrected chi connectivity index (χ4v) is 11.4. The van der Waals surface area contributed by atoms with Crippen molar-refractivity contribution >= 4 is 39.5 Å². The average Bonchev–Trinajstić information content (AvgIpc) is 3.46. The van der Waals surface area contributed by atoms with Gasteiger partial charge in [0.1, 0.15) is 19.3 Å². The summed E-state index contributed by atoms with van der Waals surface area (Å²) in [5.41, 5.74) is 0. The SMILES string of the molecule is CCCCCCCCCCCCCCCC(=O)O[C@H](COC(=O)CCCCCCCCCCC(C)CC)COP(=O)(O)OC[C@@H](O)COP(=O)(O)OC[C@@H](COC(=O)CCCCCCCCC(C)C)OC(=O)CCCCCCCCCCC(C)C. The van der Waals surface area contributed by atoms with E-state index in [0.717, 1.165) is 108 Å². The zero-order valence-corrected chi connectivity index (χ0v) is 56.9. The van der Waals surface area contributed by atoms with Gasteiger partial charge in [-0.05, 0) is 43.4 Å². The van der Waals surface area contributed by atoms with Gasteiger partial charge in [-0.2, -0.15) is 0 Å². The van der Waals surface area contributed by atoms with Gasteiger partial charge in [-0.25, -0.2) is 9.13 Å². The summed E-state index contributed by atoms with van der Waals surface area (Å²) in [5, 5.41) is 10.5. The number of carbonyl (C=O) groups excluding carboxylic acids is 4. The van der Waals surface area contributed by atoms with Crippen molar-refractivity contribution in [2.75, 3.05) is 39.6 Å². The number of carbonyl (C=O) groups is 4. The molecule has 0 saturated heterocycles. The molecular weight excluding hydrogens is 1130 g/mol. The van der Waals surface area contributed by atoms with E-state index in [4.69, 9.17) is 37.0 Å². The predicted molar refractivity (Wildman–Crippen MR) is 340 cm³/mol. The minimum atomic E-state index is -4.95. The number of hydrogen-bond acceptors (Lipinski definition) is 15. The lowest BCUT2D eigenvalue weighted by molar-refractivity contribution is -0.161. The Kier molecular flexibility index (Phi) is 55.9. The summed E-state index contributed by atoms with van der Waals surface area (Å²) in [4.78, 5) is 72.3. The molecule has 0 heterocycles. The third kappa shape index (κ3) is 59.5. The fraction of sp³-hybridized carbons (Fsp3) is 0.939. The van der Waals surface area contributed by atoms with Gasteiger partial charge in [0.25, 0.3) is 0 Å². The third-order valence-electron chi connectivity index (χ3n) is 15.5. The van der Waals surface area contributed by atoms with E-state index in [1.807, 2.05) is 0 Å². The van der Waals surface area contributed by atoms with Crippen molar-refractivity contribution in [3.8, 4) is 0 Å². The van der Waals surface area contributed by atoms with Crippen LogP contribution in [0.2, 0.25) is 0 Å². The first kappa shape index (κ1) is 83.1. The molecule has 17 nitrogen and oxygen atoms in total. The van der Waals surface area contributed by atoms with Gasteiger partial charge in [0.2, 0.25) is 0 Å². The normalized spacial score (nSPS) is 14.6. The summed E-state index contributed by atoms with van der Waals surface area (Å²) in [6, 6.07) is 0. The molecule has 0 aromatic carbocycles. The van der Waals surface area contributed by atoms with Gasteiger partial charge in [-0.1, -0.05) is 273 Å². The second kappa shape index (κ2) is 57.2. The topological polar surface area (TPSA) is 237 Å². The summed E-state index contributed by atoms with van der Waals surface area (Å²) in [6.07, 6.45) is 39.0. The van der Waals surface area contributed by atoms with Crippen LogP contribution in [-0.4, -0.2) is 96.7 Å². The Morgan fingerprint density at radius 3 is 0.894 bits per heavy atom. The number of hydrogen-bond donors (Lipinski definition) is 3. The van der Waals surface area contributed by atoms with Crippen molar-refractivity contribution in [2.45, 2.75) is 343 Å². The first-order chi connectivity index (χ1) is 40.8. The van der Waals surface area contributed by atoms with Crippen LogP contribution >= 0.6 is 15.6 Å². The molecular formula is C66H128O17P2. The number of ether oxygens (including phenoxy) is 4. The largest absolute Gasteiger partial charge is 0.472 e. The number of aliphatic hydroxyl groups is 1. The quantitative estimate of drug-likeness (QED) is 0.0222. The van der Waals surface area contributed by atoms with Gasteiger partial charge in [-0.3, -0.25) is 37.3 Å².